The molecule has 2 N–H and O–H groups in total. The lowest BCUT2D eigenvalue weighted by Gasteiger charge is -2.12. The van der Waals surface area contributed by atoms with E-state index in [1.54, 1.807) is 6.07 Å². The van der Waals surface area contributed by atoms with Crippen LogP contribution < -0.4 is 5.32 Å². The number of rotatable bonds is 5. The summed E-state index contributed by atoms with van der Waals surface area (Å²) in [6.07, 6.45) is 1.88. The zero-order valence-electron chi connectivity index (χ0n) is 10.9. The van der Waals surface area contributed by atoms with Crippen molar-refractivity contribution in [1.29, 1.82) is 0 Å². The van der Waals surface area contributed by atoms with Crippen molar-refractivity contribution in [2.75, 3.05) is 11.6 Å². The van der Waals surface area contributed by atoms with Gasteiger partial charge in [-0.05, 0) is 36.1 Å². The fraction of sp³-hybridized carbons (Fsp3) is 0.133. The van der Waals surface area contributed by atoms with Gasteiger partial charge in [-0.2, -0.15) is 0 Å². The average Bonchev–Trinajstić information content (AvgIpc) is 2.46. The number of carboxylic acid groups (broad SMARTS) is 1. The molecule has 0 aliphatic heterocycles. The Kier molecular flexibility index (Phi) is 5.09. The van der Waals surface area contributed by atoms with E-state index >= 15 is 0 Å². The van der Waals surface area contributed by atoms with Crippen LogP contribution in [0.25, 0.3) is 0 Å². The minimum Gasteiger partial charge on any atom is -0.478 e. The Labute approximate surface area is 130 Å². The number of hydrogen-bond acceptors (Lipinski definition) is 3. The molecule has 0 saturated carbocycles. The maximum atomic E-state index is 11.4. The summed E-state index contributed by atoms with van der Waals surface area (Å²) in [5.41, 5.74) is 2.07. The van der Waals surface area contributed by atoms with Gasteiger partial charge in [-0.25, -0.2) is 4.79 Å². The van der Waals surface area contributed by atoms with Crippen LogP contribution in [0.1, 0.15) is 15.9 Å². The Balaban J connectivity index is 2.21. The van der Waals surface area contributed by atoms with Crippen LogP contribution in [0, 0.1) is 0 Å². The first-order valence-corrected chi connectivity index (χ1v) is 8.02. The Morgan fingerprint density at radius 3 is 2.55 bits per heavy atom. The first-order valence-electron chi connectivity index (χ1n) is 6.00. The number of carbonyl (C=O) groups is 1. The fourth-order valence-electron chi connectivity index (χ4n) is 1.87. The molecule has 5 heteroatoms. The summed E-state index contributed by atoms with van der Waals surface area (Å²) in [4.78, 5) is 12.2. The molecular formula is C15H14BrNO2S. The highest BCUT2D eigenvalue weighted by Gasteiger charge is 2.14. The summed E-state index contributed by atoms with van der Waals surface area (Å²) in [6, 6.07) is 13.4. The van der Waals surface area contributed by atoms with Gasteiger partial charge >= 0.3 is 5.97 Å². The molecule has 2 rings (SSSR count). The summed E-state index contributed by atoms with van der Waals surface area (Å²) in [5, 5.41) is 12.5. The molecule has 0 spiro atoms. The van der Waals surface area contributed by atoms with Crippen molar-refractivity contribution in [3.8, 4) is 0 Å². The monoisotopic (exact) mass is 351 g/mol. The molecule has 3 nitrogen and oxygen atoms in total. The third kappa shape index (κ3) is 3.55. The summed E-state index contributed by atoms with van der Waals surface area (Å²) in [7, 11) is 0. The standard InChI is InChI=1S/C15H14BrNO2S/c1-20-13-4-2-3-12(14(13)15(18)19)17-9-10-5-7-11(16)8-6-10/h2-8,17H,9H2,1H3,(H,18,19). The molecule has 0 aliphatic rings. The van der Waals surface area contributed by atoms with Crippen molar-refractivity contribution in [2.45, 2.75) is 11.4 Å². The van der Waals surface area contributed by atoms with E-state index in [0.717, 1.165) is 14.9 Å². The molecule has 0 unspecified atom stereocenters. The van der Waals surface area contributed by atoms with Crippen molar-refractivity contribution in [3.05, 3.63) is 58.1 Å². The molecule has 0 atom stereocenters. The van der Waals surface area contributed by atoms with Gasteiger partial charge in [-0.15, -0.1) is 11.8 Å². The summed E-state index contributed by atoms with van der Waals surface area (Å²) >= 11 is 4.82. The molecular weight excluding hydrogens is 338 g/mol. The normalized spacial score (nSPS) is 10.3. The van der Waals surface area contributed by atoms with Gasteiger partial charge in [0.1, 0.15) is 0 Å². The number of aromatic carboxylic acids is 1. The predicted octanol–water partition coefficient (Wildman–Crippen LogP) is 4.48. The van der Waals surface area contributed by atoms with Gasteiger partial charge in [0.05, 0.1) is 11.3 Å². The molecule has 0 heterocycles. The fourth-order valence-corrected chi connectivity index (χ4v) is 2.75. The maximum Gasteiger partial charge on any atom is 0.338 e. The van der Waals surface area contributed by atoms with Gasteiger partial charge in [-0.3, -0.25) is 0 Å². The van der Waals surface area contributed by atoms with Crippen LogP contribution in [0.2, 0.25) is 0 Å². The third-order valence-corrected chi connectivity index (χ3v) is 4.16. The molecule has 2 aromatic carbocycles. The van der Waals surface area contributed by atoms with Crippen LogP contribution in [0.5, 0.6) is 0 Å². The van der Waals surface area contributed by atoms with Crippen molar-refractivity contribution < 1.29 is 9.90 Å². The number of benzene rings is 2. The highest BCUT2D eigenvalue weighted by molar-refractivity contribution is 9.10. The van der Waals surface area contributed by atoms with Gasteiger partial charge < -0.3 is 10.4 Å². The summed E-state index contributed by atoms with van der Waals surface area (Å²) in [5.74, 6) is -0.909. The summed E-state index contributed by atoms with van der Waals surface area (Å²) in [6.45, 7) is 0.589. The zero-order chi connectivity index (χ0) is 14.5. The van der Waals surface area contributed by atoms with E-state index in [1.807, 2.05) is 42.7 Å². The number of hydrogen-bond donors (Lipinski definition) is 2. The van der Waals surface area contributed by atoms with Crippen LogP contribution in [0.15, 0.2) is 51.8 Å². The molecule has 104 valence electrons. The Morgan fingerprint density at radius 1 is 1.25 bits per heavy atom. The van der Waals surface area contributed by atoms with Gasteiger partial charge in [0.15, 0.2) is 0 Å². The van der Waals surface area contributed by atoms with Crippen LogP contribution in [0.4, 0.5) is 5.69 Å². The lowest BCUT2D eigenvalue weighted by atomic mass is 10.1. The second kappa shape index (κ2) is 6.81. The third-order valence-electron chi connectivity index (χ3n) is 2.86. The molecule has 0 fully saturated rings. The molecule has 20 heavy (non-hydrogen) atoms. The van der Waals surface area contributed by atoms with Gasteiger partial charge in [-0.1, -0.05) is 34.1 Å². The predicted molar refractivity (Wildman–Crippen MR) is 86.7 cm³/mol. The van der Waals surface area contributed by atoms with Crippen molar-refractivity contribution >= 4 is 39.3 Å². The molecule has 0 aromatic heterocycles. The van der Waals surface area contributed by atoms with E-state index in [9.17, 15) is 9.90 Å². The highest BCUT2D eigenvalue weighted by Crippen LogP contribution is 2.27. The molecule has 0 bridgehead atoms. The second-order valence-electron chi connectivity index (χ2n) is 4.17. The number of nitrogens with one attached hydrogen (secondary N) is 1. The molecule has 0 radical (unpaired) electrons. The van der Waals surface area contributed by atoms with Gasteiger partial charge in [0.25, 0.3) is 0 Å². The number of anilines is 1. The highest BCUT2D eigenvalue weighted by atomic mass is 79.9. The smallest absolute Gasteiger partial charge is 0.338 e. The first-order chi connectivity index (χ1) is 9.61. The van der Waals surface area contributed by atoms with Gasteiger partial charge in [0, 0.05) is 15.9 Å². The molecule has 2 aromatic rings. The van der Waals surface area contributed by atoms with Crippen LogP contribution in [0.3, 0.4) is 0 Å². The minimum atomic E-state index is -0.909. The van der Waals surface area contributed by atoms with Gasteiger partial charge in [0.2, 0.25) is 0 Å². The van der Waals surface area contributed by atoms with Crippen LogP contribution in [-0.2, 0) is 6.54 Å². The number of halogens is 1. The van der Waals surface area contributed by atoms with Crippen molar-refractivity contribution in [1.82, 2.24) is 0 Å². The van der Waals surface area contributed by atoms with E-state index in [-0.39, 0.29) is 0 Å². The van der Waals surface area contributed by atoms with Crippen LogP contribution in [-0.4, -0.2) is 17.3 Å². The molecule has 0 saturated heterocycles. The Hall–Kier alpha value is -1.46. The van der Waals surface area contributed by atoms with Crippen LogP contribution >= 0.6 is 27.7 Å². The second-order valence-corrected chi connectivity index (χ2v) is 5.93. The van der Waals surface area contributed by atoms with E-state index in [1.165, 1.54) is 11.8 Å². The topological polar surface area (TPSA) is 49.3 Å². The van der Waals surface area contributed by atoms with E-state index in [0.29, 0.717) is 17.8 Å². The van der Waals surface area contributed by atoms with E-state index in [4.69, 9.17) is 0 Å². The SMILES string of the molecule is CSc1cccc(NCc2ccc(Br)cc2)c1C(=O)O. The van der Waals surface area contributed by atoms with E-state index in [2.05, 4.69) is 21.2 Å². The zero-order valence-corrected chi connectivity index (χ0v) is 13.3. The average molecular weight is 352 g/mol. The minimum absolute atomic E-state index is 0.331. The maximum absolute atomic E-state index is 11.4. The van der Waals surface area contributed by atoms with Crippen molar-refractivity contribution in [2.24, 2.45) is 0 Å². The van der Waals surface area contributed by atoms with Crippen molar-refractivity contribution in [3.63, 3.8) is 0 Å². The number of thioether (sulfide) groups is 1. The summed E-state index contributed by atoms with van der Waals surface area (Å²) < 4.78 is 1.02. The lowest BCUT2D eigenvalue weighted by molar-refractivity contribution is 0.0694. The molecule has 0 aliphatic carbocycles. The largest absolute Gasteiger partial charge is 0.478 e. The molecule has 0 amide bonds. The Bertz CT molecular complexity index is 614. The quantitative estimate of drug-likeness (QED) is 0.779. The number of carboxylic acids is 1. The van der Waals surface area contributed by atoms with E-state index < -0.39 is 5.97 Å². The first kappa shape index (κ1) is 14.9. The Morgan fingerprint density at radius 2 is 1.95 bits per heavy atom. The lowest BCUT2D eigenvalue weighted by Crippen LogP contribution is -2.07.